The van der Waals surface area contributed by atoms with E-state index in [1.165, 1.54) is 0 Å². The summed E-state index contributed by atoms with van der Waals surface area (Å²) in [7, 11) is 0. The van der Waals surface area contributed by atoms with Gasteiger partial charge in [-0.1, -0.05) is 6.42 Å². The van der Waals surface area contributed by atoms with E-state index < -0.39 is 17.3 Å². The molecule has 0 aliphatic carbocycles. The average Bonchev–Trinajstić information content (AvgIpc) is 2.42. The Bertz CT molecular complexity index is 275. The fourth-order valence-corrected chi connectivity index (χ4v) is 1.82. The summed E-state index contributed by atoms with van der Waals surface area (Å²) in [6.07, 6.45) is 3.27. The number of carbonyl (C=O) groups excluding carboxylic acids is 2. The second-order valence-electron chi connectivity index (χ2n) is 5.28. The molecule has 1 aliphatic rings. The van der Waals surface area contributed by atoms with Crippen LogP contribution in [0, 0.1) is 0 Å². The zero-order chi connectivity index (χ0) is 12.9. The van der Waals surface area contributed by atoms with Crippen LogP contribution in [0.25, 0.3) is 0 Å². The maximum Gasteiger partial charge on any atom is 0.366 e. The third-order valence-corrected chi connectivity index (χ3v) is 2.59. The first-order valence-corrected chi connectivity index (χ1v) is 6.00. The molecule has 5 nitrogen and oxygen atoms in total. The Hall–Kier alpha value is -1.10. The fraction of sp³-hybridized carbons (Fsp3) is 0.833. The van der Waals surface area contributed by atoms with Crippen molar-refractivity contribution < 1.29 is 19.1 Å². The predicted molar refractivity (Wildman–Crippen MR) is 62.2 cm³/mol. The Balaban J connectivity index is 2.81. The van der Waals surface area contributed by atoms with Crippen LogP contribution in [0.2, 0.25) is 0 Å². The zero-order valence-corrected chi connectivity index (χ0v) is 10.7. The standard InChI is InChI=1S/C12H21NO4/c1-11(2,3)17-10(15)12(16-9-14)7-5-4-6-8-13-12/h9,13H,4-8H2,1-3H3/t12-/m0/s1. The molecule has 1 N–H and O–H groups in total. The smallest absolute Gasteiger partial charge is 0.366 e. The summed E-state index contributed by atoms with van der Waals surface area (Å²) < 4.78 is 10.3. The minimum atomic E-state index is -1.30. The molecule has 1 aliphatic heterocycles. The first-order chi connectivity index (χ1) is 7.90. The summed E-state index contributed by atoms with van der Waals surface area (Å²) in [6.45, 7) is 6.32. The SMILES string of the molecule is CC(C)(C)OC(=O)[C@@]1(OC=O)CCCCCN1. The number of hydrogen-bond acceptors (Lipinski definition) is 5. The molecule has 1 heterocycles. The number of nitrogens with one attached hydrogen (secondary N) is 1. The van der Waals surface area contributed by atoms with Crippen molar-refractivity contribution in [2.45, 2.75) is 57.8 Å². The summed E-state index contributed by atoms with van der Waals surface area (Å²) >= 11 is 0. The van der Waals surface area contributed by atoms with Crippen LogP contribution in [0.4, 0.5) is 0 Å². The van der Waals surface area contributed by atoms with Gasteiger partial charge >= 0.3 is 5.97 Å². The van der Waals surface area contributed by atoms with E-state index in [0.717, 1.165) is 19.3 Å². The van der Waals surface area contributed by atoms with Crippen LogP contribution >= 0.6 is 0 Å². The van der Waals surface area contributed by atoms with Crippen molar-refractivity contribution in [3.8, 4) is 0 Å². The number of carbonyl (C=O) groups is 2. The highest BCUT2D eigenvalue weighted by Crippen LogP contribution is 2.24. The fourth-order valence-electron chi connectivity index (χ4n) is 1.82. The normalized spacial score (nSPS) is 25.8. The lowest BCUT2D eigenvalue weighted by Gasteiger charge is -2.32. The van der Waals surface area contributed by atoms with Crippen LogP contribution in [0.15, 0.2) is 0 Å². The van der Waals surface area contributed by atoms with Gasteiger partial charge in [-0.15, -0.1) is 0 Å². The molecule has 17 heavy (non-hydrogen) atoms. The van der Waals surface area contributed by atoms with Crippen molar-refractivity contribution in [3.05, 3.63) is 0 Å². The lowest BCUT2D eigenvalue weighted by atomic mass is 10.1. The van der Waals surface area contributed by atoms with Crippen molar-refractivity contribution in [1.82, 2.24) is 5.32 Å². The minimum Gasteiger partial charge on any atom is -0.456 e. The third kappa shape index (κ3) is 4.00. The van der Waals surface area contributed by atoms with Gasteiger partial charge in [0.1, 0.15) is 5.60 Å². The second kappa shape index (κ2) is 5.49. The van der Waals surface area contributed by atoms with E-state index >= 15 is 0 Å². The van der Waals surface area contributed by atoms with E-state index in [-0.39, 0.29) is 0 Å². The van der Waals surface area contributed by atoms with E-state index in [1.54, 1.807) is 20.8 Å². The Morgan fingerprint density at radius 3 is 2.59 bits per heavy atom. The summed E-state index contributed by atoms with van der Waals surface area (Å²) in [5.41, 5.74) is -1.89. The van der Waals surface area contributed by atoms with E-state index in [1.807, 2.05) is 0 Å². The van der Waals surface area contributed by atoms with Crippen LogP contribution < -0.4 is 5.32 Å². The van der Waals surface area contributed by atoms with E-state index in [0.29, 0.717) is 19.4 Å². The van der Waals surface area contributed by atoms with Crippen LogP contribution in [-0.2, 0) is 19.1 Å². The molecular weight excluding hydrogens is 222 g/mol. The van der Waals surface area contributed by atoms with Crippen molar-refractivity contribution in [2.24, 2.45) is 0 Å². The molecule has 0 saturated carbocycles. The van der Waals surface area contributed by atoms with Crippen LogP contribution in [0.3, 0.4) is 0 Å². The lowest BCUT2D eigenvalue weighted by Crippen LogP contribution is -2.55. The first kappa shape index (κ1) is 14.0. The summed E-state index contributed by atoms with van der Waals surface area (Å²) in [4.78, 5) is 22.7. The van der Waals surface area contributed by atoms with Crippen molar-refractivity contribution >= 4 is 12.4 Å². The largest absolute Gasteiger partial charge is 0.456 e. The zero-order valence-electron chi connectivity index (χ0n) is 10.7. The highest BCUT2D eigenvalue weighted by atomic mass is 16.6. The van der Waals surface area contributed by atoms with E-state index in [2.05, 4.69) is 5.32 Å². The summed E-state index contributed by atoms with van der Waals surface area (Å²) in [6, 6.07) is 0. The van der Waals surface area contributed by atoms with Gasteiger partial charge in [-0.3, -0.25) is 10.1 Å². The molecule has 1 saturated heterocycles. The molecular formula is C12H21NO4. The topological polar surface area (TPSA) is 64.6 Å². The molecule has 0 aromatic heterocycles. The molecule has 0 aromatic carbocycles. The third-order valence-electron chi connectivity index (χ3n) is 2.59. The van der Waals surface area contributed by atoms with E-state index in [4.69, 9.17) is 9.47 Å². The van der Waals surface area contributed by atoms with E-state index in [9.17, 15) is 9.59 Å². The average molecular weight is 243 g/mol. The highest BCUT2D eigenvalue weighted by Gasteiger charge is 2.44. The van der Waals surface area contributed by atoms with Crippen LogP contribution in [0.1, 0.15) is 46.5 Å². The van der Waals surface area contributed by atoms with Crippen LogP contribution in [-0.4, -0.2) is 30.3 Å². The highest BCUT2D eigenvalue weighted by molar-refractivity contribution is 5.80. The van der Waals surface area contributed by atoms with Crippen molar-refractivity contribution in [2.75, 3.05) is 6.54 Å². The number of rotatable bonds is 3. The molecule has 1 atom stereocenters. The molecule has 98 valence electrons. The van der Waals surface area contributed by atoms with Gasteiger partial charge in [0.2, 0.25) is 0 Å². The molecule has 5 heteroatoms. The number of esters is 1. The van der Waals surface area contributed by atoms with Crippen LogP contribution in [0.5, 0.6) is 0 Å². The van der Waals surface area contributed by atoms with Crippen molar-refractivity contribution in [1.29, 1.82) is 0 Å². The van der Waals surface area contributed by atoms with Gasteiger partial charge in [-0.2, -0.15) is 0 Å². The van der Waals surface area contributed by atoms with Gasteiger partial charge in [0.25, 0.3) is 12.2 Å². The maximum atomic E-state index is 12.1. The molecule has 0 bridgehead atoms. The summed E-state index contributed by atoms with van der Waals surface area (Å²) in [5.74, 6) is -0.515. The van der Waals surface area contributed by atoms with Gasteiger partial charge in [0.15, 0.2) is 0 Å². The Kier molecular flexibility index (Phi) is 4.51. The predicted octanol–water partition coefficient (Wildman–Crippen LogP) is 1.36. The maximum absolute atomic E-state index is 12.1. The quantitative estimate of drug-likeness (QED) is 0.599. The molecule has 0 spiro atoms. The van der Waals surface area contributed by atoms with Gasteiger partial charge in [0, 0.05) is 6.42 Å². The first-order valence-electron chi connectivity index (χ1n) is 6.00. The lowest BCUT2D eigenvalue weighted by molar-refractivity contribution is -0.190. The molecule has 1 fully saturated rings. The molecule has 0 radical (unpaired) electrons. The monoisotopic (exact) mass is 243 g/mol. The minimum absolute atomic E-state index is 0.308. The van der Waals surface area contributed by atoms with Crippen molar-refractivity contribution in [3.63, 3.8) is 0 Å². The Morgan fingerprint density at radius 1 is 1.29 bits per heavy atom. The number of ether oxygens (including phenoxy) is 2. The van der Waals surface area contributed by atoms with Gasteiger partial charge in [0.05, 0.1) is 0 Å². The summed E-state index contributed by atoms with van der Waals surface area (Å²) in [5, 5.41) is 2.99. The van der Waals surface area contributed by atoms with Gasteiger partial charge < -0.3 is 9.47 Å². The molecule has 1 rings (SSSR count). The molecule has 0 aromatic rings. The molecule has 0 amide bonds. The second-order valence-corrected chi connectivity index (χ2v) is 5.28. The number of hydrogen-bond donors (Lipinski definition) is 1. The Morgan fingerprint density at radius 2 is 2.00 bits per heavy atom. The molecule has 0 unspecified atom stereocenters. The van der Waals surface area contributed by atoms with Gasteiger partial charge in [-0.05, 0) is 40.2 Å². The Labute approximate surface area is 102 Å². The van der Waals surface area contributed by atoms with Gasteiger partial charge in [-0.25, -0.2) is 4.79 Å².